The van der Waals surface area contributed by atoms with Gasteiger partial charge >= 0.3 is 12.1 Å². The fourth-order valence-electron chi connectivity index (χ4n) is 1.13. The second-order valence-electron chi connectivity index (χ2n) is 2.77. The molecule has 0 unspecified atom stereocenters. The predicted octanol–water partition coefficient (Wildman–Crippen LogP) is 3.80. The number of methoxy groups -OCH3 is 1. The van der Waals surface area contributed by atoms with Crippen LogP contribution in [0.15, 0.2) is 12.1 Å². The number of hydrogen-bond donors (Lipinski definition) is 0. The largest absolute Gasteiger partial charge is 0.465 e. The van der Waals surface area contributed by atoms with E-state index >= 15 is 0 Å². The van der Waals surface area contributed by atoms with Crippen molar-refractivity contribution >= 4 is 29.2 Å². The van der Waals surface area contributed by atoms with Crippen LogP contribution in [0.4, 0.5) is 13.2 Å². The quantitative estimate of drug-likeness (QED) is 0.727. The van der Waals surface area contributed by atoms with Crippen LogP contribution >= 0.6 is 23.2 Å². The third kappa shape index (κ3) is 2.41. The van der Waals surface area contributed by atoms with Gasteiger partial charge in [-0.05, 0) is 12.1 Å². The Balaban J connectivity index is 3.56. The molecule has 1 rings (SSSR count). The lowest BCUT2D eigenvalue weighted by atomic mass is 10.1. The number of rotatable bonds is 1. The highest BCUT2D eigenvalue weighted by Gasteiger charge is 2.39. The third-order valence-corrected chi connectivity index (χ3v) is 2.41. The van der Waals surface area contributed by atoms with Gasteiger partial charge in [-0.2, -0.15) is 13.2 Å². The lowest BCUT2D eigenvalue weighted by Gasteiger charge is -2.14. The van der Waals surface area contributed by atoms with E-state index in [1.54, 1.807) is 0 Å². The third-order valence-electron chi connectivity index (χ3n) is 1.78. The number of esters is 1. The molecule has 1 aromatic carbocycles. The summed E-state index contributed by atoms with van der Waals surface area (Å²) in [4.78, 5) is 11.2. The van der Waals surface area contributed by atoms with E-state index in [0.29, 0.717) is 0 Å². The zero-order valence-corrected chi connectivity index (χ0v) is 9.37. The second kappa shape index (κ2) is 4.51. The fraction of sp³-hybridized carbons (Fsp3) is 0.222. The molecule has 2 nitrogen and oxygen atoms in total. The number of carbonyl (C=O) groups excluding carboxylic acids is 1. The lowest BCUT2D eigenvalue weighted by Crippen LogP contribution is -2.15. The van der Waals surface area contributed by atoms with Crippen LogP contribution in [-0.4, -0.2) is 13.1 Å². The number of carbonyl (C=O) groups is 1. The Kier molecular flexibility index (Phi) is 3.70. The Bertz CT molecular complexity index is 429. The Labute approximate surface area is 98.9 Å². The van der Waals surface area contributed by atoms with Crippen molar-refractivity contribution in [1.29, 1.82) is 0 Å². The fourth-order valence-corrected chi connectivity index (χ4v) is 1.63. The van der Waals surface area contributed by atoms with Gasteiger partial charge in [0.05, 0.1) is 28.3 Å². The molecule has 88 valence electrons. The maximum atomic E-state index is 12.6. The van der Waals surface area contributed by atoms with E-state index in [0.717, 1.165) is 19.2 Å². The van der Waals surface area contributed by atoms with Gasteiger partial charge in [-0.25, -0.2) is 4.79 Å². The van der Waals surface area contributed by atoms with E-state index in [-0.39, 0.29) is 5.02 Å². The SMILES string of the molecule is COC(=O)c1c(Cl)ccc(Cl)c1C(F)(F)F. The molecule has 0 heterocycles. The minimum atomic E-state index is -4.77. The topological polar surface area (TPSA) is 26.3 Å². The minimum Gasteiger partial charge on any atom is -0.465 e. The number of ether oxygens (including phenoxy) is 1. The summed E-state index contributed by atoms with van der Waals surface area (Å²) in [6, 6.07) is 2.07. The van der Waals surface area contributed by atoms with Crippen molar-refractivity contribution in [2.45, 2.75) is 6.18 Å². The van der Waals surface area contributed by atoms with Crippen LogP contribution in [0.2, 0.25) is 10.0 Å². The molecular formula is C9H5Cl2F3O2. The monoisotopic (exact) mass is 272 g/mol. The number of alkyl halides is 3. The van der Waals surface area contributed by atoms with Gasteiger partial charge in [-0.1, -0.05) is 23.2 Å². The van der Waals surface area contributed by atoms with Gasteiger partial charge < -0.3 is 4.74 Å². The van der Waals surface area contributed by atoms with E-state index in [1.807, 2.05) is 0 Å². The number of halogens is 5. The summed E-state index contributed by atoms with van der Waals surface area (Å²) < 4.78 is 42.1. The summed E-state index contributed by atoms with van der Waals surface area (Å²) in [7, 11) is 0.958. The van der Waals surface area contributed by atoms with Crippen molar-refractivity contribution < 1.29 is 22.7 Å². The van der Waals surface area contributed by atoms with Crippen LogP contribution in [0.3, 0.4) is 0 Å². The van der Waals surface area contributed by atoms with Gasteiger partial charge in [-0.3, -0.25) is 0 Å². The molecule has 0 amide bonds. The van der Waals surface area contributed by atoms with Crippen LogP contribution in [0.25, 0.3) is 0 Å². The first kappa shape index (κ1) is 13.1. The zero-order valence-electron chi connectivity index (χ0n) is 7.86. The van der Waals surface area contributed by atoms with E-state index in [1.165, 1.54) is 0 Å². The molecule has 0 atom stereocenters. The molecule has 0 N–H and O–H groups in total. The van der Waals surface area contributed by atoms with Gasteiger partial charge in [-0.15, -0.1) is 0 Å². The average Bonchev–Trinajstić information content (AvgIpc) is 2.18. The molecule has 0 aliphatic rings. The minimum absolute atomic E-state index is 0.358. The van der Waals surface area contributed by atoms with Crippen molar-refractivity contribution in [3.63, 3.8) is 0 Å². The zero-order chi connectivity index (χ0) is 12.5. The maximum absolute atomic E-state index is 12.6. The highest BCUT2D eigenvalue weighted by Crippen LogP contribution is 2.40. The summed E-state index contributed by atoms with van der Waals surface area (Å²) >= 11 is 10.9. The van der Waals surface area contributed by atoms with Crippen LogP contribution in [0.1, 0.15) is 15.9 Å². The average molecular weight is 273 g/mol. The van der Waals surface area contributed by atoms with Crippen LogP contribution in [-0.2, 0) is 10.9 Å². The maximum Gasteiger partial charge on any atom is 0.418 e. The number of hydrogen-bond acceptors (Lipinski definition) is 2. The first-order valence-electron chi connectivity index (χ1n) is 3.92. The summed E-state index contributed by atoms with van der Waals surface area (Å²) in [6.07, 6.45) is -4.77. The summed E-state index contributed by atoms with van der Waals surface area (Å²) in [5.74, 6) is -1.18. The molecule has 0 radical (unpaired) electrons. The molecule has 0 spiro atoms. The van der Waals surface area contributed by atoms with E-state index in [2.05, 4.69) is 4.74 Å². The Morgan fingerprint density at radius 2 is 1.75 bits per heavy atom. The van der Waals surface area contributed by atoms with Crippen LogP contribution in [0, 0.1) is 0 Å². The molecule has 0 fully saturated rings. The molecule has 0 aliphatic carbocycles. The van der Waals surface area contributed by atoms with Gasteiger partial charge in [0, 0.05) is 0 Å². The highest BCUT2D eigenvalue weighted by molar-refractivity contribution is 6.36. The summed E-state index contributed by atoms with van der Waals surface area (Å²) in [5, 5.41) is -0.958. The number of benzene rings is 1. The molecular weight excluding hydrogens is 268 g/mol. The van der Waals surface area contributed by atoms with E-state index < -0.39 is 28.3 Å². The standard InChI is InChI=1S/C9H5Cl2F3O2/c1-16-8(15)6-4(10)2-3-5(11)7(6)9(12,13)14/h2-3H,1H3. The molecule has 1 aromatic rings. The van der Waals surface area contributed by atoms with Crippen molar-refractivity contribution in [2.24, 2.45) is 0 Å². The van der Waals surface area contributed by atoms with Crippen LogP contribution in [0.5, 0.6) is 0 Å². The molecule has 7 heteroatoms. The van der Waals surface area contributed by atoms with Gasteiger partial charge in [0.15, 0.2) is 0 Å². The predicted molar refractivity (Wildman–Crippen MR) is 52.8 cm³/mol. The first-order chi connectivity index (χ1) is 7.29. The molecule has 0 bridgehead atoms. The molecule has 0 aliphatic heterocycles. The van der Waals surface area contributed by atoms with E-state index in [9.17, 15) is 18.0 Å². The van der Waals surface area contributed by atoms with Gasteiger partial charge in [0.2, 0.25) is 0 Å². The Hall–Kier alpha value is -0.940. The van der Waals surface area contributed by atoms with Crippen LogP contribution < -0.4 is 0 Å². The molecule has 0 aromatic heterocycles. The Morgan fingerprint density at radius 1 is 1.25 bits per heavy atom. The molecule has 16 heavy (non-hydrogen) atoms. The van der Waals surface area contributed by atoms with Gasteiger partial charge in [0.25, 0.3) is 0 Å². The normalized spacial score (nSPS) is 11.4. The first-order valence-corrected chi connectivity index (χ1v) is 4.68. The van der Waals surface area contributed by atoms with Crippen molar-refractivity contribution in [3.8, 4) is 0 Å². The summed E-state index contributed by atoms with van der Waals surface area (Å²) in [5.41, 5.74) is -2.06. The molecule has 0 saturated carbocycles. The van der Waals surface area contributed by atoms with Crippen molar-refractivity contribution in [2.75, 3.05) is 7.11 Å². The smallest absolute Gasteiger partial charge is 0.418 e. The van der Waals surface area contributed by atoms with E-state index in [4.69, 9.17) is 23.2 Å². The molecule has 0 saturated heterocycles. The van der Waals surface area contributed by atoms with Gasteiger partial charge in [0.1, 0.15) is 0 Å². The highest BCUT2D eigenvalue weighted by atomic mass is 35.5. The van der Waals surface area contributed by atoms with Crippen molar-refractivity contribution in [3.05, 3.63) is 33.3 Å². The van der Waals surface area contributed by atoms with Crippen molar-refractivity contribution in [1.82, 2.24) is 0 Å². The lowest BCUT2D eigenvalue weighted by molar-refractivity contribution is -0.138. The second-order valence-corrected chi connectivity index (χ2v) is 3.58. The summed E-state index contributed by atoms with van der Waals surface area (Å²) in [6.45, 7) is 0. The Morgan fingerprint density at radius 3 is 2.19 bits per heavy atom.